The first-order valence-corrected chi connectivity index (χ1v) is 9.86. The minimum atomic E-state index is -0.518. The van der Waals surface area contributed by atoms with Gasteiger partial charge < -0.3 is 9.84 Å². The van der Waals surface area contributed by atoms with E-state index >= 15 is 0 Å². The molecule has 1 aliphatic rings. The van der Waals surface area contributed by atoms with E-state index in [9.17, 15) is 5.11 Å². The minimum absolute atomic E-state index is 0.168. The van der Waals surface area contributed by atoms with Crippen molar-refractivity contribution in [3.05, 3.63) is 82.9 Å². The molecule has 5 heteroatoms. The molecule has 146 valence electrons. The first-order valence-electron chi connectivity index (χ1n) is 9.86. The highest BCUT2D eigenvalue weighted by Crippen LogP contribution is 2.42. The van der Waals surface area contributed by atoms with Crippen LogP contribution in [0, 0.1) is 20.8 Å². The third-order valence-corrected chi connectivity index (χ3v) is 5.84. The molecular weight excluding hydrogens is 362 g/mol. The number of imidazole rings is 1. The quantitative estimate of drug-likeness (QED) is 0.533. The Morgan fingerprint density at radius 2 is 1.79 bits per heavy atom. The number of aromatic nitrogens is 3. The highest BCUT2D eigenvalue weighted by molar-refractivity contribution is 5.77. The van der Waals surface area contributed by atoms with Gasteiger partial charge in [0.2, 0.25) is 0 Å². The Labute approximate surface area is 169 Å². The van der Waals surface area contributed by atoms with Gasteiger partial charge in [-0.1, -0.05) is 12.1 Å². The van der Waals surface area contributed by atoms with Crippen molar-refractivity contribution in [3.8, 4) is 11.4 Å². The number of hydrogen-bond acceptors (Lipinski definition) is 4. The normalized spacial score (nSPS) is 18.5. The second kappa shape index (κ2) is 6.71. The molecule has 0 radical (unpaired) electrons. The molecule has 1 aliphatic heterocycles. The Morgan fingerprint density at radius 3 is 2.59 bits per heavy atom. The van der Waals surface area contributed by atoms with Crippen molar-refractivity contribution in [2.45, 2.75) is 39.4 Å². The number of pyridine rings is 1. The summed E-state index contributed by atoms with van der Waals surface area (Å²) in [7, 11) is 0. The zero-order valence-electron chi connectivity index (χ0n) is 16.8. The van der Waals surface area contributed by atoms with E-state index in [1.54, 1.807) is 12.4 Å². The third-order valence-electron chi connectivity index (χ3n) is 5.84. The van der Waals surface area contributed by atoms with E-state index in [-0.39, 0.29) is 6.10 Å². The van der Waals surface area contributed by atoms with Crippen molar-refractivity contribution in [2.75, 3.05) is 0 Å². The number of nitrogens with zero attached hydrogens (tertiary/aromatic N) is 3. The van der Waals surface area contributed by atoms with Crippen LogP contribution >= 0.6 is 0 Å². The summed E-state index contributed by atoms with van der Waals surface area (Å²) < 4.78 is 8.39. The van der Waals surface area contributed by atoms with Crippen LogP contribution < -0.4 is 4.74 Å². The van der Waals surface area contributed by atoms with E-state index in [0.717, 1.165) is 39.4 Å². The average molecular weight is 385 g/mol. The molecule has 2 atom stereocenters. The predicted octanol–water partition coefficient (Wildman–Crippen LogP) is 4.90. The molecule has 5 nitrogen and oxygen atoms in total. The molecule has 3 heterocycles. The maximum Gasteiger partial charge on any atom is 0.127 e. The Hall–Kier alpha value is -3.18. The van der Waals surface area contributed by atoms with Gasteiger partial charge in [0, 0.05) is 23.9 Å². The van der Waals surface area contributed by atoms with Crippen LogP contribution in [0.4, 0.5) is 0 Å². The first kappa shape index (κ1) is 17.9. The monoisotopic (exact) mass is 385 g/mol. The molecule has 0 spiro atoms. The third kappa shape index (κ3) is 2.98. The fourth-order valence-electron chi connectivity index (χ4n) is 4.13. The second-order valence-corrected chi connectivity index (χ2v) is 7.78. The molecule has 0 fully saturated rings. The lowest BCUT2D eigenvalue weighted by Crippen LogP contribution is -2.19. The molecule has 0 bridgehead atoms. The number of hydrogen-bond donors (Lipinski definition) is 1. The molecule has 2 unspecified atom stereocenters. The van der Waals surface area contributed by atoms with Crippen molar-refractivity contribution < 1.29 is 9.84 Å². The molecule has 4 aromatic rings. The predicted molar refractivity (Wildman–Crippen MR) is 112 cm³/mol. The van der Waals surface area contributed by atoms with E-state index < -0.39 is 6.10 Å². The summed E-state index contributed by atoms with van der Waals surface area (Å²) in [6, 6.07) is 14.4. The first-order chi connectivity index (χ1) is 14.0. The number of aryl methyl sites for hydroxylation is 3. The van der Waals surface area contributed by atoms with Crippen LogP contribution in [0.2, 0.25) is 0 Å². The van der Waals surface area contributed by atoms with Crippen molar-refractivity contribution >= 4 is 11.0 Å². The highest BCUT2D eigenvalue weighted by Gasteiger charge is 2.28. The van der Waals surface area contributed by atoms with Gasteiger partial charge in [-0.2, -0.15) is 0 Å². The molecule has 0 aliphatic carbocycles. The summed E-state index contributed by atoms with van der Waals surface area (Å²) in [6.07, 6.45) is 3.43. The highest BCUT2D eigenvalue weighted by atomic mass is 16.5. The van der Waals surface area contributed by atoms with Gasteiger partial charge in [-0.25, -0.2) is 4.98 Å². The van der Waals surface area contributed by atoms with Gasteiger partial charge in [0.05, 0.1) is 17.8 Å². The zero-order chi connectivity index (χ0) is 20.1. The zero-order valence-corrected chi connectivity index (χ0v) is 16.8. The second-order valence-electron chi connectivity index (χ2n) is 7.78. The summed E-state index contributed by atoms with van der Waals surface area (Å²) in [5.41, 5.74) is 7.25. The minimum Gasteiger partial charge on any atom is -0.485 e. The van der Waals surface area contributed by atoms with Gasteiger partial charge in [0.1, 0.15) is 23.2 Å². The average Bonchev–Trinajstić information content (AvgIpc) is 3.05. The fraction of sp³-hybridized carbons (Fsp3) is 0.250. The summed E-state index contributed by atoms with van der Waals surface area (Å²) in [4.78, 5) is 8.75. The Balaban J connectivity index is 1.48. The van der Waals surface area contributed by atoms with Gasteiger partial charge in [0.25, 0.3) is 0 Å². The topological polar surface area (TPSA) is 60.2 Å². The molecule has 2 aromatic heterocycles. The van der Waals surface area contributed by atoms with E-state index in [2.05, 4.69) is 52.6 Å². The van der Waals surface area contributed by atoms with Gasteiger partial charge >= 0.3 is 0 Å². The Morgan fingerprint density at radius 1 is 1.03 bits per heavy atom. The standard InChI is InChI=1S/C24H23N3O2/c1-14-10-19-22(28)12-23(29-24(19)11-15(14)2)17-4-6-18(7-5-17)27-16(3)26-20-13-25-9-8-21(20)27/h4-11,13,22-23,28H,12H2,1-3H3. The van der Waals surface area contributed by atoms with E-state index in [0.29, 0.717) is 6.42 Å². The van der Waals surface area contributed by atoms with Crippen molar-refractivity contribution in [1.82, 2.24) is 14.5 Å². The summed E-state index contributed by atoms with van der Waals surface area (Å²) in [5.74, 6) is 1.70. The van der Waals surface area contributed by atoms with Crippen LogP contribution in [0.25, 0.3) is 16.7 Å². The molecule has 29 heavy (non-hydrogen) atoms. The molecule has 0 saturated heterocycles. The van der Waals surface area contributed by atoms with Crippen LogP contribution in [0.15, 0.2) is 54.9 Å². The van der Waals surface area contributed by atoms with Crippen LogP contribution in [-0.2, 0) is 0 Å². The van der Waals surface area contributed by atoms with Gasteiger partial charge in [-0.3, -0.25) is 9.55 Å². The lowest BCUT2D eigenvalue weighted by atomic mass is 9.92. The van der Waals surface area contributed by atoms with Crippen LogP contribution in [0.1, 0.15) is 46.7 Å². The number of aliphatic hydroxyl groups excluding tert-OH is 1. The maximum atomic E-state index is 10.7. The maximum absolute atomic E-state index is 10.7. The molecule has 1 N–H and O–H groups in total. The van der Waals surface area contributed by atoms with E-state index in [4.69, 9.17) is 4.74 Å². The van der Waals surface area contributed by atoms with Crippen LogP contribution in [-0.4, -0.2) is 19.6 Å². The lowest BCUT2D eigenvalue weighted by molar-refractivity contribution is 0.0656. The lowest BCUT2D eigenvalue weighted by Gasteiger charge is -2.30. The van der Waals surface area contributed by atoms with E-state index in [1.165, 1.54) is 11.1 Å². The fourth-order valence-corrected chi connectivity index (χ4v) is 4.13. The van der Waals surface area contributed by atoms with Gasteiger partial charge in [0.15, 0.2) is 0 Å². The summed E-state index contributed by atoms with van der Waals surface area (Å²) in [6.45, 7) is 6.12. The Bertz CT molecular complexity index is 1210. The number of ether oxygens (including phenoxy) is 1. The molecule has 0 saturated carbocycles. The van der Waals surface area contributed by atoms with Crippen molar-refractivity contribution in [2.24, 2.45) is 0 Å². The van der Waals surface area contributed by atoms with Crippen molar-refractivity contribution in [3.63, 3.8) is 0 Å². The number of rotatable bonds is 2. The molecule has 5 rings (SSSR count). The largest absolute Gasteiger partial charge is 0.485 e. The Kier molecular flexibility index (Phi) is 4.14. The smallest absolute Gasteiger partial charge is 0.127 e. The van der Waals surface area contributed by atoms with Gasteiger partial charge in [-0.05, 0) is 67.8 Å². The number of fused-ring (bicyclic) bond motifs is 2. The number of aliphatic hydroxyl groups is 1. The summed E-state index contributed by atoms with van der Waals surface area (Å²) >= 11 is 0. The molecule has 0 amide bonds. The van der Waals surface area contributed by atoms with Crippen LogP contribution in [0.3, 0.4) is 0 Å². The van der Waals surface area contributed by atoms with Crippen LogP contribution in [0.5, 0.6) is 5.75 Å². The summed E-state index contributed by atoms with van der Waals surface area (Å²) in [5, 5.41) is 10.7. The van der Waals surface area contributed by atoms with Gasteiger partial charge in [-0.15, -0.1) is 0 Å². The number of benzene rings is 2. The SMILES string of the molecule is Cc1cc2c(cc1C)C(O)CC(c1ccc(-n3c(C)nc4cnccc43)cc1)O2. The van der Waals surface area contributed by atoms with E-state index in [1.807, 2.05) is 25.1 Å². The molecule has 2 aromatic carbocycles. The molecular formula is C24H23N3O2. The van der Waals surface area contributed by atoms with Crippen molar-refractivity contribution in [1.29, 1.82) is 0 Å².